The van der Waals surface area contributed by atoms with E-state index >= 15 is 0 Å². The minimum atomic E-state index is 0.658. The molecule has 0 bridgehead atoms. The first-order valence-corrected chi connectivity index (χ1v) is 42.8. The van der Waals surface area contributed by atoms with Crippen molar-refractivity contribution in [3.8, 4) is 135 Å². The van der Waals surface area contributed by atoms with Gasteiger partial charge in [0.05, 0.1) is 22.8 Å². The van der Waals surface area contributed by atoms with Gasteiger partial charge >= 0.3 is 0 Å². The molecule has 0 N–H and O–H groups in total. The molecule has 0 amide bonds. The first-order valence-electron chi connectivity index (χ1n) is 42.8. The molecule has 3 aromatic heterocycles. The highest BCUT2D eigenvalue weighted by Gasteiger charge is 2.19. The Balaban J connectivity index is 0.000000112. The van der Waals surface area contributed by atoms with Gasteiger partial charge in [0.15, 0.2) is 23.3 Å². The molecule has 24 rings (SSSR count). The van der Waals surface area contributed by atoms with Crippen molar-refractivity contribution in [2.24, 2.45) is 0 Å². The zero-order valence-electron chi connectivity index (χ0n) is 68.7. The van der Waals surface area contributed by atoms with Crippen LogP contribution in [0, 0.1) is 0 Å². The molecule has 0 fully saturated rings. The van der Waals surface area contributed by atoms with E-state index in [0.29, 0.717) is 17.5 Å². The Labute approximate surface area is 730 Å². The van der Waals surface area contributed by atoms with Crippen molar-refractivity contribution in [3.05, 3.63) is 473 Å². The number of rotatable bonds is 12. The van der Waals surface area contributed by atoms with E-state index in [9.17, 15) is 0 Å². The average molecular weight is 1600 g/mol. The fraction of sp³-hybridized carbons (Fsp3) is 0. The number of hydrogen-bond acceptors (Lipinski definition) is 6. The molecule has 3 heterocycles. The van der Waals surface area contributed by atoms with E-state index in [1.807, 2.05) is 103 Å². The first kappa shape index (κ1) is 75.4. The van der Waals surface area contributed by atoms with E-state index in [2.05, 4.69) is 370 Å². The smallest absolute Gasteiger partial charge is 0.164 e. The molecule has 0 atom stereocenters. The Morgan fingerprint density at radius 3 is 0.524 bits per heavy atom. The summed E-state index contributed by atoms with van der Waals surface area (Å²) in [6.45, 7) is 0. The van der Waals surface area contributed by atoms with E-state index in [1.54, 1.807) is 0 Å². The van der Waals surface area contributed by atoms with Crippen LogP contribution in [0.25, 0.3) is 232 Å². The summed E-state index contributed by atoms with van der Waals surface area (Å²) in [5, 5.41) is 23.2. The topological polar surface area (TPSA) is 77.3 Å². The van der Waals surface area contributed by atoms with Crippen LogP contribution in [-0.4, -0.2) is 29.9 Å². The van der Waals surface area contributed by atoms with Crippen LogP contribution in [0.15, 0.2) is 473 Å². The summed E-state index contributed by atoms with van der Waals surface area (Å²) >= 11 is 0. The quantitative estimate of drug-likeness (QED) is 0.113. The lowest BCUT2D eigenvalue weighted by Crippen LogP contribution is -2.00. The molecule has 6 heteroatoms. The third-order valence-electron chi connectivity index (χ3n) is 24.3. The predicted molar refractivity (Wildman–Crippen MR) is 529 cm³/mol. The summed E-state index contributed by atoms with van der Waals surface area (Å²) in [6.07, 6.45) is 0. The zero-order chi connectivity index (χ0) is 83.6. The second kappa shape index (κ2) is 33.3. The van der Waals surface area contributed by atoms with Gasteiger partial charge in [0.25, 0.3) is 0 Å². The minimum Gasteiger partial charge on any atom is -0.248 e. The Bertz CT molecular complexity index is 7150. The number of pyridine rings is 1. The van der Waals surface area contributed by atoms with E-state index in [1.165, 1.54) is 130 Å². The lowest BCUT2D eigenvalue weighted by Gasteiger charge is -2.13. The van der Waals surface area contributed by atoms with Crippen LogP contribution in [0.4, 0.5) is 0 Å². The molecule has 0 aliphatic carbocycles. The highest BCUT2D eigenvalue weighted by molar-refractivity contribution is 6.28. The summed E-state index contributed by atoms with van der Waals surface area (Å²) < 4.78 is 0. The van der Waals surface area contributed by atoms with Gasteiger partial charge in [-0.15, -0.1) is 0 Å². The fourth-order valence-corrected chi connectivity index (χ4v) is 18.0. The van der Waals surface area contributed by atoms with Crippen LogP contribution < -0.4 is 0 Å². The average Bonchev–Trinajstić information content (AvgIpc) is 0.749. The molecule has 0 unspecified atom stereocenters. The van der Waals surface area contributed by atoms with Crippen LogP contribution in [0.2, 0.25) is 0 Å². The zero-order valence-corrected chi connectivity index (χ0v) is 68.7. The summed E-state index contributed by atoms with van der Waals surface area (Å²) in [7, 11) is 0. The van der Waals surface area contributed by atoms with Crippen LogP contribution in [0.3, 0.4) is 0 Å². The maximum atomic E-state index is 5.11. The van der Waals surface area contributed by atoms with Crippen LogP contribution in [-0.2, 0) is 0 Å². The minimum absolute atomic E-state index is 0.658. The Hall–Kier alpha value is -16.8. The van der Waals surface area contributed by atoms with E-state index in [-0.39, 0.29) is 0 Å². The predicted octanol–water partition coefficient (Wildman–Crippen LogP) is 31.8. The van der Waals surface area contributed by atoms with Crippen LogP contribution >= 0.6 is 0 Å². The van der Waals surface area contributed by atoms with E-state index in [0.717, 1.165) is 84.2 Å². The lowest BCUT2D eigenvalue weighted by molar-refractivity contribution is 1.07. The number of benzene rings is 21. The second-order valence-electron chi connectivity index (χ2n) is 31.9. The first-order chi connectivity index (χ1) is 62.4. The molecule has 0 aliphatic heterocycles. The number of fused-ring (bicyclic) bond motifs is 18. The molecular weight excluding hydrogens is 1530 g/mol. The number of nitrogens with zero attached hydrogens (tertiary/aromatic N) is 6. The summed E-state index contributed by atoms with van der Waals surface area (Å²) in [5.41, 5.74) is 21.5. The molecule has 24 aromatic rings. The molecule has 6 nitrogen and oxygen atoms in total. The summed E-state index contributed by atoms with van der Waals surface area (Å²) in [6, 6.07) is 167. The van der Waals surface area contributed by atoms with Gasteiger partial charge in [0, 0.05) is 44.5 Å². The Kier molecular flexibility index (Phi) is 19.9. The summed E-state index contributed by atoms with van der Waals surface area (Å²) in [4.78, 5) is 29.7. The van der Waals surface area contributed by atoms with E-state index in [4.69, 9.17) is 29.9 Å². The third-order valence-corrected chi connectivity index (χ3v) is 24.3. The van der Waals surface area contributed by atoms with Gasteiger partial charge in [-0.3, -0.25) is 0 Å². The molecule has 0 aliphatic rings. The molecule has 0 spiro atoms. The Morgan fingerprint density at radius 1 is 0.0873 bits per heavy atom. The van der Waals surface area contributed by atoms with Crippen molar-refractivity contribution in [3.63, 3.8) is 0 Å². The SMILES string of the molecule is c1ccc(-c2cc(-c3ccccc3)nc(-c3ccc(-c4ccc5c6ccccc6c6ccccc6c5c4)cc3)c2)cc1.c1ccc(-c2cc(-c3ccccc3)nc(-c3ccc(-c4ccc5c6ccccc6c6ccccc6c5c4)cc3)n2)cc1.c1ccc(-c2nc(-c3ccccc3)nc(-c3ccc(-c4ccc5c6ccccc6c6ccccc6c5c4)cc3)n2)cc1. The highest BCUT2D eigenvalue weighted by Crippen LogP contribution is 2.43. The van der Waals surface area contributed by atoms with Crippen molar-refractivity contribution < 1.29 is 0 Å². The van der Waals surface area contributed by atoms with Gasteiger partial charge in [-0.2, -0.15) is 0 Å². The normalized spacial score (nSPS) is 11.3. The molecule has 126 heavy (non-hydrogen) atoms. The number of hydrogen-bond donors (Lipinski definition) is 0. The van der Waals surface area contributed by atoms with Crippen molar-refractivity contribution in [1.29, 1.82) is 0 Å². The summed E-state index contributed by atoms with van der Waals surface area (Å²) in [5.74, 6) is 2.71. The van der Waals surface area contributed by atoms with Gasteiger partial charge in [0.1, 0.15) is 0 Å². The van der Waals surface area contributed by atoms with Crippen LogP contribution in [0.5, 0.6) is 0 Å². The molecule has 588 valence electrons. The molecule has 21 aromatic carbocycles. The van der Waals surface area contributed by atoms with Crippen molar-refractivity contribution in [2.75, 3.05) is 0 Å². The maximum Gasteiger partial charge on any atom is 0.164 e. The van der Waals surface area contributed by atoms with Gasteiger partial charge < -0.3 is 0 Å². The second-order valence-corrected chi connectivity index (χ2v) is 31.9. The third kappa shape index (κ3) is 14.8. The monoisotopic (exact) mass is 1600 g/mol. The van der Waals surface area contributed by atoms with Gasteiger partial charge in [-0.1, -0.05) is 437 Å². The maximum absolute atomic E-state index is 5.11. The van der Waals surface area contributed by atoms with Crippen molar-refractivity contribution in [2.45, 2.75) is 0 Å². The van der Waals surface area contributed by atoms with Gasteiger partial charge in [0.2, 0.25) is 0 Å². The van der Waals surface area contributed by atoms with Crippen molar-refractivity contribution in [1.82, 2.24) is 29.9 Å². The van der Waals surface area contributed by atoms with Gasteiger partial charge in [-0.05, 0) is 178 Å². The fourth-order valence-electron chi connectivity index (χ4n) is 18.0. The molecule has 0 saturated carbocycles. The molecular formula is C120H78N6. The molecule has 0 saturated heterocycles. The highest BCUT2D eigenvalue weighted by atomic mass is 15.0. The van der Waals surface area contributed by atoms with Gasteiger partial charge in [-0.25, -0.2) is 29.9 Å². The van der Waals surface area contributed by atoms with Crippen LogP contribution in [0.1, 0.15) is 0 Å². The standard InChI is InChI=1S/C41H27N.C40H26N2.C39H25N3/c1-3-11-28(12-4-1)33-26-40(30-13-5-2-6-14-30)42-41(27-33)31-21-19-29(20-22-31)32-23-24-38-36-17-8-7-15-34(36)35-16-9-10-18-37(35)39(38)25-32;1-3-11-28(12-4-1)38-26-39(29-13-5-2-6-14-29)42-40(41-38)30-21-19-27(20-22-30)31-23-24-36-34-17-8-7-15-32(34)33-16-9-10-18-35(33)37(36)25-31;1-3-11-27(12-4-1)37-40-38(28-13-5-2-6-14-28)42-39(41-37)29-21-19-26(20-22-29)30-23-24-35-33-17-8-7-15-31(33)32-16-9-10-18-34(32)36(35)25-30/h1-27H;1-26H;1-25H. The Morgan fingerprint density at radius 2 is 0.254 bits per heavy atom. The van der Waals surface area contributed by atoms with Crippen molar-refractivity contribution >= 4 is 97.0 Å². The molecule has 0 radical (unpaired) electrons. The lowest BCUT2D eigenvalue weighted by atomic mass is 9.92. The number of aromatic nitrogens is 6. The van der Waals surface area contributed by atoms with E-state index < -0.39 is 0 Å². The largest absolute Gasteiger partial charge is 0.248 e.